The lowest BCUT2D eigenvalue weighted by molar-refractivity contribution is 0.0287. The normalized spacial score (nSPS) is 33.7. The molecule has 0 amide bonds. The maximum atomic E-state index is 5.95. The van der Waals surface area contributed by atoms with Crippen molar-refractivity contribution in [3.05, 3.63) is 0 Å². The second-order valence-electron chi connectivity index (χ2n) is 6.49. The average molecular weight is 254 g/mol. The molecule has 3 nitrogen and oxygen atoms in total. The molecule has 2 aliphatic rings. The highest BCUT2D eigenvalue weighted by molar-refractivity contribution is 4.84. The van der Waals surface area contributed by atoms with Crippen molar-refractivity contribution in [2.45, 2.75) is 64.7 Å². The van der Waals surface area contributed by atoms with Gasteiger partial charge in [-0.2, -0.15) is 0 Å². The summed E-state index contributed by atoms with van der Waals surface area (Å²) in [6.45, 7) is 11.5. The van der Waals surface area contributed by atoms with Gasteiger partial charge in [-0.15, -0.1) is 0 Å². The van der Waals surface area contributed by atoms with Gasteiger partial charge in [0, 0.05) is 19.1 Å². The van der Waals surface area contributed by atoms with Crippen LogP contribution in [0.3, 0.4) is 0 Å². The van der Waals surface area contributed by atoms with Crippen LogP contribution in [0.4, 0.5) is 0 Å². The summed E-state index contributed by atoms with van der Waals surface area (Å²) in [6, 6.07) is 0.739. The number of hydrogen-bond acceptors (Lipinski definition) is 3. The van der Waals surface area contributed by atoms with E-state index in [9.17, 15) is 0 Å². The van der Waals surface area contributed by atoms with Crippen molar-refractivity contribution in [1.29, 1.82) is 0 Å². The van der Waals surface area contributed by atoms with E-state index < -0.39 is 0 Å². The number of likely N-dealkylation sites (tertiary alicyclic amines) is 1. The van der Waals surface area contributed by atoms with Crippen LogP contribution in [0.1, 0.15) is 46.5 Å². The zero-order valence-corrected chi connectivity index (χ0v) is 12.3. The predicted octanol–water partition coefficient (Wildman–Crippen LogP) is 2.26. The van der Waals surface area contributed by atoms with Crippen LogP contribution in [0.25, 0.3) is 0 Å². The van der Waals surface area contributed by atoms with Gasteiger partial charge in [0.2, 0.25) is 0 Å². The third-order valence-corrected chi connectivity index (χ3v) is 4.19. The van der Waals surface area contributed by atoms with Crippen molar-refractivity contribution in [3.63, 3.8) is 0 Å². The van der Waals surface area contributed by atoms with Crippen LogP contribution < -0.4 is 5.32 Å². The van der Waals surface area contributed by atoms with E-state index in [0.717, 1.165) is 31.6 Å². The molecule has 0 spiro atoms. The van der Waals surface area contributed by atoms with Gasteiger partial charge in [-0.3, -0.25) is 4.90 Å². The summed E-state index contributed by atoms with van der Waals surface area (Å²) in [7, 11) is 0. The van der Waals surface area contributed by atoms with E-state index in [2.05, 4.69) is 31.0 Å². The van der Waals surface area contributed by atoms with Crippen LogP contribution in [-0.2, 0) is 4.74 Å². The highest BCUT2D eigenvalue weighted by Gasteiger charge is 2.29. The minimum atomic E-state index is 0.482. The SMILES string of the molecule is CC(C)CNCC1CCCN1CC1CCC(C)O1. The lowest BCUT2D eigenvalue weighted by Gasteiger charge is -2.27. The Bertz CT molecular complexity index is 245. The predicted molar refractivity (Wildman–Crippen MR) is 75.9 cm³/mol. The van der Waals surface area contributed by atoms with Gasteiger partial charge in [0.1, 0.15) is 0 Å². The Morgan fingerprint density at radius 1 is 1.28 bits per heavy atom. The molecule has 0 radical (unpaired) electrons. The van der Waals surface area contributed by atoms with Gasteiger partial charge in [0.25, 0.3) is 0 Å². The van der Waals surface area contributed by atoms with Crippen LogP contribution in [-0.4, -0.2) is 49.3 Å². The molecule has 3 heteroatoms. The number of nitrogens with zero attached hydrogens (tertiary/aromatic N) is 1. The average Bonchev–Trinajstić information content (AvgIpc) is 2.89. The molecular weight excluding hydrogens is 224 g/mol. The van der Waals surface area contributed by atoms with Crippen LogP contribution in [0.5, 0.6) is 0 Å². The zero-order chi connectivity index (χ0) is 13.0. The summed E-state index contributed by atoms with van der Waals surface area (Å²) in [5, 5.41) is 3.61. The van der Waals surface area contributed by atoms with E-state index >= 15 is 0 Å². The van der Waals surface area contributed by atoms with E-state index in [-0.39, 0.29) is 0 Å². The first-order valence-corrected chi connectivity index (χ1v) is 7.75. The fraction of sp³-hybridized carbons (Fsp3) is 1.00. The van der Waals surface area contributed by atoms with Gasteiger partial charge < -0.3 is 10.1 Å². The lowest BCUT2D eigenvalue weighted by Crippen LogP contribution is -2.42. The third kappa shape index (κ3) is 4.22. The molecule has 3 atom stereocenters. The Morgan fingerprint density at radius 3 is 2.78 bits per heavy atom. The third-order valence-electron chi connectivity index (χ3n) is 4.19. The fourth-order valence-corrected chi connectivity index (χ4v) is 3.19. The molecule has 0 aromatic rings. The standard InChI is InChI=1S/C15H30N2O/c1-12(2)9-16-10-14-5-4-8-17(14)11-15-7-6-13(3)18-15/h12-16H,4-11H2,1-3H3. The molecule has 0 saturated carbocycles. The second-order valence-corrected chi connectivity index (χ2v) is 6.49. The molecule has 2 rings (SSSR count). The molecule has 0 aromatic carbocycles. The van der Waals surface area contributed by atoms with Crippen LogP contribution in [0, 0.1) is 5.92 Å². The number of nitrogens with one attached hydrogen (secondary N) is 1. The van der Waals surface area contributed by atoms with Crippen molar-refractivity contribution >= 4 is 0 Å². The molecule has 0 bridgehead atoms. The maximum Gasteiger partial charge on any atom is 0.0706 e. The molecule has 106 valence electrons. The highest BCUT2D eigenvalue weighted by atomic mass is 16.5. The Balaban J connectivity index is 1.70. The van der Waals surface area contributed by atoms with Gasteiger partial charge in [-0.05, 0) is 51.6 Å². The molecular formula is C15H30N2O. The van der Waals surface area contributed by atoms with E-state index in [1.54, 1.807) is 0 Å². The molecule has 0 aliphatic carbocycles. The number of hydrogen-bond donors (Lipinski definition) is 1. The first kappa shape index (κ1) is 14.3. The van der Waals surface area contributed by atoms with E-state index in [1.807, 2.05) is 0 Å². The number of ether oxygens (including phenoxy) is 1. The van der Waals surface area contributed by atoms with Crippen molar-refractivity contribution in [1.82, 2.24) is 10.2 Å². The van der Waals surface area contributed by atoms with Gasteiger partial charge in [0.15, 0.2) is 0 Å². The molecule has 18 heavy (non-hydrogen) atoms. The molecule has 1 N–H and O–H groups in total. The Morgan fingerprint density at radius 2 is 2.11 bits per heavy atom. The minimum Gasteiger partial charge on any atom is -0.374 e. The summed E-state index contributed by atoms with van der Waals surface area (Å²) in [4.78, 5) is 2.65. The summed E-state index contributed by atoms with van der Waals surface area (Å²) in [5.41, 5.74) is 0. The summed E-state index contributed by atoms with van der Waals surface area (Å²) in [5.74, 6) is 0.749. The molecule has 0 aromatic heterocycles. The zero-order valence-electron chi connectivity index (χ0n) is 12.3. The highest BCUT2D eigenvalue weighted by Crippen LogP contribution is 2.23. The van der Waals surface area contributed by atoms with Crippen molar-refractivity contribution in [2.75, 3.05) is 26.2 Å². The molecule has 3 unspecified atom stereocenters. The Hall–Kier alpha value is -0.120. The summed E-state index contributed by atoms with van der Waals surface area (Å²) >= 11 is 0. The largest absolute Gasteiger partial charge is 0.374 e. The fourth-order valence-electron chi connectivity index (χ4n) is 3.19. The second kappa shape index (κ2) is 6.88. The Labute approximate surface area is 112 Å². The molecule has 2 saturated heterocycles. The molecule has 2 aliphatic heterocycles. The quantitative estimate of drug-likeness (QED) is 0.787. The Kier molecular flexibility index (Phi) is 5.46. The van der Waals surface area contributed by atoms with Crippen molar-refractivity contribution < 1.29 is 4.74 Å². The summed E-state index contributed by atoms with van der Waals surface area (Å²) in [6.07, 6.45) is 6.18. The summed E-state index contributed by atoms with van der Waals surface area (Å²) < 4.78 is 5.95. The molecule has 2 heterocycles. The smallest absolute Gasteiger partial charge is 0.0706 e. The lowest BCUT2D eigenvalue weighted by atomic mass is 10.1. The van der Waals surface area contributed by atoms with E-state index in [1.165, 1.54) is 32.2 Å². The first-order valence-electron chi connectivity index (χ1n) is 7.75. The monoisotopic (exact) mass is 254 g/mol. The molecule has 2 fully saturated rings. The number of rotatable bonds is 6. The van der Waals surface area contributed by atoms with Crippen molar-refractivity contribution in [2.24, 2.45) is 5.92 Å². The maximum absolute atomic E-state index is 5.95. The van der Waals surface area contributed by atoms with Gasteiger partial charge in [-0.1, -0.05) is 13.8 Å². The first-order chi connectivity index (χ1) is 8.65. The van der Waals surface area contributed by atoms with E-state index in [0.29, 0.717) is 12.2 Å². The van der Waals surface area contributed by atoms with Gasteiger partial charge in [0.05, 0.1) is 12.2 Å². The topological polar surface area (TPSA) is 24.5 Å². The van der Waals surface area contributed by atoms with Gasteiger partial charge in [-0.25, -0.2) is 0 Å². The van der Waals surface area contributed by atoms with Crippen molar-refractivity contribution in [3.8, 4) is 0 Å². The van der Waals surface area contributed by atoms with Crippen LogP contribution in [0.2, 0.25) is 0 Å². The van der Waals surface area contributed by atoms with Gasteiger partial charge >= 0.3 is 0 Å². The van der Waals surface area contributed by atoms with Crippen LogP contribution >= 0.6 is 0 Å². The minimum absolute atomic E-state index is 0.482. The van der Waals surface area contributed by atoms with Crippen LogP contribution in [0.15, 0.2) is 0 Å². The van der Waals surface area contributed by atoms with E-state index in [4.69, 9.17) is 4.74 Å².